The molecule has 1 heterocycles. The molecule has 2 N–H and O–H groups in total. The lowest BCUT2D eigenvalue weighted by Crippen LogP contribution is -2.43. The molecule has 0 spiro atoms. The first-order chi connectivity index (χ1) is 13.8. The number of carbonyl (C=O) groups excluding carboxylic acids is 2. The van der Waals surface area contributed by atoms with Crippen molar-refractivity contribution in [3.8, 4) is 0 Å². The van der Waals surface area contributed by atoms with E-state index in [1.54, 1.807) is 0 Å². The summed E-state index contributed by atoms with van der Waals surface area (Å²) in [5, 5.41) is 16.4. The van der Waals surface area contributed by atoms with Gasteiger partial charge in [-0.1, -0.05) is 0 Å². The van der Waals surface area contributed by atoms with E-state index in [0.29, 0.717) is 31.9 Å². The largest absolute Gasteiger partial charge is 0.379 e. The maximum absolute atomic E-state index is 12.2. The highest BCUT2D eigenvalue weighted by atomic mass is 16.6. The SMILES string of the molecule is CC(C)OCCCNC(=O)C1CCN(CC(=O)Nc2ccc([N+](=O)[O-])cc2)CC1. The number of rotatable bonds is 10. The second kappa shape index (κ2) is 11.5. The Morgan fingerprint density at radius 3 is 2.48 bits per heavy atom. The van der Waals surface area contributed by atoms with E-state index in [1.165, 1.54) is 24.3 Å². The van der Waals surface area contributed by atoms with Gasteiger partial charge < -0.3 is 15.4 Å². The molecule has 1 aliphatic heterocycles. The van der Waals surface area contributed by atoms with Crippen LogP contribution in [0.1, 0.15) is 33.1 Å². The van der Waals surface area contributed by atoms with Crippen LogP contribution in [0.3, 0.4) is 0 Å². The summed E-state index contributed by atoms with van der Waals surface area (Å²) in [6.45, 7) is 6.82. The smallest absolute Gasteiger partial charge is 0.269 e. The van der Waals surface area contributed by atoms with E-state index in [4.69, 9.17) is 4.74 Å². The number of carbonyl (C=O) groups is 2. The average Bonchev–Trinajstić information content (AvgIpc) is 2.68. The number of piperidine rings is 1. The van der Waals surface area contributed by atoms with Crippen molar-refractivity contribution in [3.63, 3.8) is 0 Å². The normalized spacial score (nSPS) is 15.3. The van der Waals surface area contributed by atoms with E-state index in [9.17, 15) is 19.7 Å². The lowest BCUT2D eigenvalue weighted by atomic mass is 9.96. The summed E-state index contributed by atoms with van der Waals surface area (Å²) >= 11 is 0. The summed E-state index contributed by atoms with van der Waals surface area (Å²) < 4.78 is 5.45. The fourth-order valence-corrected chi connectivity index (χ4v) is 3.17. The predicted octanol–water partition coefficient (Wildman–Crippen LogP) is 2.18. The lowest BCUT2D eigenvalue weighted by Gasteiger charge is -2.30. The van der Waals surface area contributed by atoms with Crippen molar-refractivity contribution in [2.75, 3.05) is 38.1 Å². The number of anilines is 1. The summed E-state index contributed by atoms with van der Waals surface area (Å²) in [7, 11) is 0. The number of nitro groups is 1. The van der Waals surface area contributed by atoms with Crippen molar-refractivity contribution in [1.29, 1.82) is 0 Å². The molecule has 0 saturated carbocycles. The Balaban J connectivity index is 1.65. The molecule has 9 heteroatoms. The first-order valence-corrected chi connectivity index (χ1v) is 10.0. The van der Waals surface area contributed by atoms with Crippen LogP contribution in [0.25, 0.3) is 0 Å². The lowest BCUT2D eigenvalue weighted by molar-refractivity contribution is -0.384. The molecule has 2 amide bonds. The molecular formula is C20H30N4O5. The molecule has 0 aliphatic carbocycles. The maximum Gasteiger partial charge on any atom is 0.269 e. The van der Waals surface area contributed by atoms with Crippen molar-refractivity contribution >= 4 is 23.2 Å². The van der Waals surface area contributed by atoms with Crippen LogP contribution in [0.5, 0.6) is 0 Å². The van der Waals surface area contributed by atoms with Gasteiger partial charge >= 0.3 is 0 Å². The summed E-state index contributed by atoms with van der Waals surface area (Å²) in [6, 6.07) is 5.74. The van der Waals surface area contributed by atoms with Crippen molar-refractivity contribution < 1.29 is 19.2 Å². The highest BCUT2D eigenvalue weighted by molar-refractivity contribution is 5.92. The van der Waals surface area contributed by atoms with E-state index < -0.39 is 4.92 Å². The molecule has 0 aromatic heterocycles. The highest BCUT2D eigenvalue weighted by Gasteiger charge is 2.25. The van der Waals surface area contributed by atoms with Crippen LogP contribution in [-0.2, 0) is 14.3 Å². The molecule has 1 aliphatic rings. The molecule has 0 atom stereocenters. The van der Waals surface area contributed by atoms with Gasteiger partial charge in [0.2, 0.25) is 11.8 Å². The van der Waals surface area contributed by atoms with Crippen molar-refractivity contribution in [2.24, 2.45) is 5.92 Å². The minimum absolute atomic E-state index is 0.0178. The summed E-state index contributed by atoms with van der Waals surface area (Å²) in [5.41, 5.74) is 0.507. The first kappa shape index (κ1) is 22.8. The molecule has 1 fully saturated rings. The molecule has 160 valence electrons. The van der Waals surface area contributed by atoms with Gasteiger partial charge in [0.15, 0.2) is 0 Å². The molecule has 2 rings (SSSR count). The maximum atomic E-state index is 12.2. The van der Waals surface area contributed by atoms with Crippen LogP contribution in [0.15, 0.2) is 24.3 Å². The zero-order chi connectivity index (χ0) is 21.2. The topological polar surface area (TPSA) is 114 Å². The van der Waals surface area contributed by atoms with Crippen LogP contribution < -0.4 is 10.6 Å². The summed E-state index contributed by atoms with van der Waals surface area (Å²) in [4.78, 5) is 36.6. The van der Waals surface area contributed by atoms with Gasteiger partial charge in [-0.15, -0.1) is 0 Å². The number of hydrogen-bond donors (Lipinski definition) is 2. The van der Waals surface area contributed by atoms with Gasteiger partial charge in [-0.2, -0.15) is 0 Å². The number of nitro benzene ring substituents is 1. The molecule has 1 saturated heterocycles. The number of nitrogens with zero attached hydrogens (tertiary/aromatic N) is 2. The number of benzene rings is 1. The second-order valence-electron chi connectivity index (χ2n) is 7.47. The van der Waals surface area contributed by atoms with E-state index in [0.717, 1.165) is 19.3 Å². The van der Waals surface area contributed by atoms with Crippen molar-refractivity contribution in [3.05, 3.63) is 34.4 Å². The fourth-order valence-electron chi connectivity index (χ4n) is 3.17. The molecule has 0 unspecified atom stereocenters. The number of likely N-dealkylation sites (tertiary alicyclic amines) is 1. The van der Waals surface area contributed by atoms with E-state index >= 15 is 0 Å². The van der Waals surface area contributed by atoms with Gasteiger partial charge in [0.05, 0.1) is 17.6 Å². The highest BCUT2D eigenvalue weighted by Crippen LogP contribution is 2.18. The quantitative estimate of drug-likeness (QED) is 0.350. The Labute approximate surface area is 170 Å². The Morgan fingerprint density at radius 1 is 1.24 bits per heavy atom. The predicted molar refractivity (Wildman–Crippen MR) is 110 cm³/mol. The Hall–Kier alpha value is -2.52. The van der Waals surface area contributed by atoms with Gasteiger partial charge in [-0.3, -0.25) is 24.6 Å². The molecule has 1 aromatic rings. The monoisotopic (exact) mass is 406 g/mol. The number of ether oxygens (including phenoxy) is 1. The third kappa shape index (κ3) is 8.16. The Morgan fingerprint density at radius 2 is 1.90 bits per heavy atom. The number of nitrogens with one attached hydrogen (secondary N) is 2. The standard InChI is InChI=1S/C20H30N4O5/c1-15(2)29-13-3-10-21-20(26)16-8-11-23(12-9-16)14-19(25)22-17-4-6-18(7-5-17)24(27)28/h4-7,15-16H,3,8-14H2,1-2H3,(H,21,26)(H,22,25). The molecular weight excluding hydrogens is 376 g/mol. The van der Waals surface area contributed by atoms with E-state index in [-0.39, 0.29) is 36.1 Å². The molecule has 29 heavy (non-hydrogen) atoms. The number of amides is 2. The minimum atomic E-state index is -0.481. The minimum Gasteiger partial charge on any atom is -0.379 e. The van der Waals surface area contributed by atoms with Gasteiger partial charge in [-0.05, 0) is 58.3 Å². The van der Waals surface area contributed by atoms with Gasteiger partial charge in [-0.25, -0.2) is 0 Å². The van der Waals surface area contributed by atoms with Gasteiger partial charge in [0.25, 0.3) is 5.69 Å². The molecule has 0 bridgehead atoms. The molecule has 1 aromatic carbocycles. The average molecular weight is 406 g/mol. The fraction of sp³-hybridized carbons (Fsp3) is 0.600. The third-order valence-corrected chi connectivity index (χ3v) is 4.76. The van der Waals surface area contributed by atoms with Crippen molar-refractivity contribution in [1.82, 2.24) is 10.2 Å². The van der Waals surface area contributed by atoms with Crippen LogP contribution >= 0.6 is 0 Å². The second-order valence-corrected chi connectivity index (χ2v) is 7.47. The van der Waals surface area contributed by atoms with Gasteiger partial charge in [0.1, 0.15) is 0 Å². The number of non-ortho nitro benzene ring substituents is 1. The van der Waals surface area contributed by atoms with E-state index in [1.807, 2.05) is 18.7 Å². The Kier molecular flexibility index (Phi) is 9.01. The molecule has 0 radical (unpaired) electrons. The van der Waals surface area contributed by atoms with Crippen LogP contribution in [0, 0.1) is 16.0 Å². The summed E-state index contributed by atoms with van der Waals surface area (Å²) in [5.74, 6) is -0.119. The summed E-state index contributed by atoms with van der Waals surface area (Å²) in [6.07, 6.45) is 2.44. The van der Waals surface area contributed by atoms with E-state index in [2.05, 4.69) is 10.6 Å². The molecule has 9 nitrogen and oxygen atoms in total. The Bertz CT molecular complexity index is 685. The van der Waals surface area contributed by atoms with Crippen LogP contribution in [0.2, 0.25) is 0 Å². The van der Waals surface area contributed by atoms with Crippen LogP contribution in [-0.4, -0.2) is 60.5 Å². The van der Waals surface area contributed by atoms with Gasteiger partial charge in [0, 0.05) is 36.9 Å². The van der Waals surface area contributed by atoms with Crippen LogP contribution in [0.4, 0.5) is 11.4 Å². The first-order valence-electron chi connectivity index (χ1n) is 10.0. The zero-order valence-electron chi connectivity index (χ0n) is 17.1. The zero-order valence-corrected chi connectivity index (χ0v) is 17.1. The number of hydrogen-bond acceptors (Lipinski definition) is 6. The third-order valence-electron chi connectivity index (χ3n) is 4.76. The van der Waals surface area contributed by atoms with Crippen molar-refractivity contribution in [2.45, 2.75) is 39.2 Å².